The molecule has 1 aliphatic heterocycles. The first-order valence-corrected chi connectivity index (χ1v) is 11.6. The molecule has 2 unspecified atom stereocenters. The first kappa shape index (κ1) is 19.9. The Bertz CT molecular complexity index is 701. The number of hydrogen-bond acceptors (Lipinski definition) is 8. The van der Waals surface area contributed by atoms with Crippen LogP contribution >= 0.6 is 74.0 Å². The summed E-state index contributed by atoms with van der Waals surface area (Å²) >= 11 is 21.0. The molecule has 0 amide bonds. The van der Waals surface area contributed by atoms with Gasteiger partial charge < -0.3 is 10.2 Å². The maximum atomic E-state index is 9.94. The zero-order valence-electron chi connectivity index (χ0n) is 13.0. The van der Waals surface area contributed by atoms with Crippen molar-refractivity contribution in [3.05, 3.63) is 58.7 Å². The van der Waals surface area contributed by atoms with Crippen LogP contribution in [-0.2, 0) is 0 Å². The molecule has 0 aromatic heterocycles. The maximum Gasteiger partial charge on any atom is 0.120 e. The van der Waals surface area contributed by atoms with Gasteiger partial charge in [0.1, 0.15) is 11.5 Å². The van der Waals surface area contributed by atoms with Gasteiger partial charge >= 0.3 is 0 Å². The molecule has 134 valence electrons. The normalized spacial score (nSPS) is 20.6. The Balaban J connectivity index is 1.80. The fourth-order valence-corrected chi connectivity index (χ4v) is 6.78. The number of phenolic OH excluding ortho intramolecular Hbond substituents is 2. The molecule has 2 nitrogen and oxygen atoms in total. The highest BCUT2D eigenvalue weighted by molar-refractivity contribution is 8.19. The minimum Gasteiger partial charge on any atom is -0.508 e. The van der Waals surface area contributed by atoms with Gasteiger partial charge in [-0.05, 0) is 35.4 Å². The second-order valence-corrected chi connectivity index (χ2v) is 11.3. The summed E-state index contributed by atoms with van der Waals surface area (Å²) in [5.74, 6) is 1.42. The Hall–Kier alpha value is 0.140. The van der Waals surface area contributed by atoms with Crippen LogP contribution in [0.4, 0.5) is 0 Å². The van der Waals surface area contributed by atoms with Crippen LogP contribution in [0.25, 0.3) is 0 Å². The second-order valence-electron chi connectivity index (χ2n) is 5.67. The summed E-state index contributed by atoms with van der Waals surface area (Å²) < 4.78 is -0.337. The van der Waals surface area contributed by atoms with Crippen LogP contribution in [0.3, 0.4) is 0 Å². The molecule has 1 heterocycles. The van der Waals surface area contributed by atoms with Crippen molar-refractivity contribution in [2.24, 2.45) is 0 Å². The van der Waals surface area contributed by atoms with Crippen molar-refractivity contribution in [3.63, 3.8) is 0 Å². The van der Waals surface area contributed by atoms with Gasteiger partial charge in [0.25, 0.3) is 0 Å². The molecule has 2 aromatic carbocycles. The van der Waals surface area contributed by atoms with E-state index in [1.54, 1.807) is 12.1 Å². The molecule has 0 radical (unpaired) electrons. The molecule has 0 spiro atoms. The largest absolute Gasteiger partial charge is 0.508 e. The Kier molecular flexibility index (Phi) is 6.71. The SMILES string of the molecule is Oc1ccc(C2CSC(c3ccc(O)c(C(S)S)c3)S2)cc1C(S)S. The number of aromatic hydroxyl groups is 2. The smallest absolute Gasteiger partial charge is 0.120 e. The topological polar surface area (TPSA) is 40.5 Å². The van der Waals surface area contributed by atoms with Crippen LogP contribution in [0.5, 0.6) is 11.5 Å². The summed E-state index contributed by atoms with van der Waals surface area (Å²) in [7, 11) is 0. The molecule has 0 saturated carbocycles. The van der Waals surface area contributed by atoms with Crippen LogP contribution < -0.4 is 0 Å². The van der Waals surface area contributed by atoms with Crippen molar-refractivity contribution in [2.45, 2.75) is 19.0 Å². The van der Waals surface area contributed by atoms with Gasteiger partial charge in [0.2, 0.25) is 0 Å². The Morgan fingerprint density at radius 2 is 1.36 bits per heavy atom. The molecule has 0 aliphatic carbocycles. The number of rotatable bonds is 4. The van der Waals surface area contributed by atoms with Crippen molar-refractivity contribution < 1.29 is 10.2 Å². The first-order valence-electron chi connectivity index (χ1n) is 7.51. The van der Waals surface area contributed by atoms with Gasteiger partial charge in [-0.1, -0.05) is 12.1 Å². The van der Waals surface area contributed by atoms with E-state index < -0.39 is 0 Å². The Morgan fingerprint density at radius 3 is 1.92 bits per heavy atom. The van der Waals surface area contributed by atoms with Crippen molar-refractivity contribution in [3.8, 4) is 11.5 Å². The van der Waals surface area contributed by atoms with E-state index in [-0.39, 0.29) is 25.2 Å². The lowest BCUT2D eigenvalue weighted by Gasteiger charge is -2.15. The van der Waals surface area contributed by atoms with Gasteiger partial charge in [-0.25, -0.2) is 0 Å². The van der Waals surface area contributed by atoms with Gasteiger partial charge in [0.15, 0.2) is 0 Å². The third kappa shape index (κ3) is 4.52. The summed E-state index contributed by atoms with van der Waals surface area (Å²) in [4.78, 5) is 0. The molecule has 0 bridgehead atoms. The third-order valence-corrected chi connectivity index (χ3v) is 8.44. The lowest BCUT2D eigenvalue weighted by molar-refractivity contribution is 0.470. The lowest BCUT2D eigenvalue weighted by Crippen LogP contribution is -1.95. The molecular weight excluding hydrogens is 429 g/mol. The van der Waals surface area contributed by atoms with E-state index in [2.05, 4.69) is 50.5 Å². The van der Waals surface area contributed by atoms with E-state index in [4.69, 9.17) is 0 Å². The van der Waals surface area contributed by atoms with Gasteiger partial charge in [-0.15, -0.1) is 23.5 Å². The quantitative estimate of drug-likeness (QED) is 0.256. The van der Waals surface area contributed by atoms with E-state index >= 15 is 0 Å². The van der Waals surface area contributed by atoms with Crippen LogP contribution in [0.2, 0.25) is 0 Å². The summed E-state index contributed by atoms with van der Waals surface area (Å²) in [6, 6.07) is 11.3. The van der Waals surface area contributed by atoms with E-state index in [0.717, 1.165) is 22.4 Å². The molecule has 2 atom stereocenters. The Labute approximate surface area is 178 Å². The highest BCUT2D eigenvalue weighted by atomic mass is 32.2. The van der Waals surface area contributed by atoms with Crippen molar-refractivity contribution in [2.75, 3.05) is 5.75 Å². The zero-order chi connectivity index (χ0) is 18.1. The molecule has 8 heteroatoms. The monoisotopic (exact) mass is 446 g/mol. The number of phenols is 2. The van der Waals surface area contributed by atoms with Gasteiger partial charge in [-0.2, -0.15) is 50.5 Å². The fraction of sp³-hybridized carbons (Fsp3) is 0.294. The predicted octanol–water partition coefficient (Wildman–Crippen LogP) is 6.03. The van der Waals surface area contributed by atoms with Crippen molar-refractivity contribution >= 4 is 74.0 Å². The average molecular weight is 447 g/mol. The highest BCUT2D eigenvalue weighted by Gasteiger charge is 2.29. The van der Waals surface area contributed by atoms with E-state index in [9.17, 15) is 10.2 Å². The Morgan fingerprint density at radius 1 is 0.840 bits per heavy atom. The van der Waals surface area contributed by atoms with Gasteiger partial charge in [0, 0.05) is 22.1 Å². The summed E-state index contributed by atoms with van der Waals surface area (Å²) in [5.41, 5.74) is 3.78. The lowest BCUT2D eigenvalue weighted by atomic mass is 10.1. The van der Waals surface area contributed by atoms with Crippen LogP contribution in [-0.4, -0.2) is 16.0 Å². The predicted molar refractivity (Wildman–Crippen MR) is 123 cm³/mol. The first-order chi connectivity index (χ1) is 11.9. The molecule has 1 saturated heterocycles. The average Bonchev–Trinajstić information content (AvgIpc) is 3.05. The molecule has 2 aromatic rings. The summed E-state index contributed by atoms with van der Waals surface area (Å²) in [6.07, 6.45) is 0. The third-order valence-electron chi connectivity index (χ3n) is 3.99. The fourth-order valence-electron chi connectivity index (χ4n) is 2.66. The minimum atomic E-state index is -0.311. The van der Waals surface area contributed by atoms with Crippen LogP contribution in [0.15, 0.2) is 36.4 Å². The number of thiol groups is 4. The maximum absolute atomic E-state index is 9.94. The second kappa shape index (κ2) is 8.44. The highest BCUT2D eigenvalue weighted by Crippen LogP contribution is 2.56. The van der Waals surface area contributed by atoms with Crippen molar-refractivity contribution in [1.29, 1.82) is 0 Å². The molecule has 3 rings (SSSR count). The van der Waals surface area contributed by atoms with Gasteiger partial charge in [0.05, 0.1) is 13.7 Å². The minimum absolute atomic E-state index is 0.222. The zero-order valence-corrected chi connectivity index (χ0v) is 18.2. The standard InChI is InChI=1S/C17H18O2S6/c18-12-3-1-8(5-10(12)15(20)21)14-7-24-17(25-14)9-2-4-13(19)11(6-9)16(22)23/h1-6,14-23H,7H2. The van der Waals surface area contributed by atoms with Crippen LogP contribution in [0, 0.1) is 0 Å². The number of benzene rings is 2. The van der Waals surface area contributed by atoms with Crippen LogP contribution in [0.1, 0.15) is 41.2 Å². The van der Waals surface area contributed by atoms with E-state index in [0.29, 0.717) is 5.25 Å². The van der Waals surface area contributed by atoms with Gasteiger partial charge in [-0.3, -0.25) is 0 Å². The number of thioether (sulfide) groups is 2. The van der Waals surface area contributed by atoms with E-state index in [1.165, 1.54) is 5.56 Å². The van der Waals surface area contributed by atoms with E-state index in [1.807, 2.05) is 47.8 Å². The van der Waals surface area contributed by atoms with Crippen molar-refractivity contribution in [1.82, 2.24) is 0 Å². The summed E-state index contributed by atoms with van der Waals surface area (Å²) in [5, 5.41) is 20.2. The molecule has 2 N–H and O–H groups in total. The molecule has 25 heavy (non-hydrogen) atoms. The molecular formula is C17H18O2S6. The summed E-state index contributed by atoms with van der Waals surface area (Å²) in [6.45, 7) is 0. The molecule has 1 aliphatic rings. The number of hydrogen-bond donors (Lipinski definition) is 6. The molecule has 1 fully saturated rings.